The van der Waals surface area contributed by atoms with Crippen molar-refractivity contribution in [1.29, 1.82) is 0 Å². The fraction of sp³-hybridized carbons (Fsp3) is 0.417. The largest absolute Gasteiger partial charge is 0.490 e. The van der Waals surface area contributed by atoms with E-state index in [0.29, 0.717) is 11.7 Å². The van der Waals surface area contributed by atoms with Crippen LogP contribution < -0.4 is 4.74 Å². The fourth-order valence-electron chi connectivity index (χ4n) is 1.62. The van der Waals surface area contributed by atoms with Crippen LogP contribution in [-0.2, 0) is 4.74 Å². The van der Waals surface area contributed by atoms with E-state index < -0.39 is 0 Å². The highest BCUT2D eigenvalue weighted by Crippen LogP contribution is 2.27. The number of carbonyl (C=O) groups excluding carboxylic acids is 1. The quantitative estimate of drug-likeness (QED) is 0.707. The van der Waals surface area contributed by atoms with Gasteiger partial charge in [0.15, 0.2) is 0 Å². The summed E-state index contributed by atoms with van der Waals surface area (Å²) >= 11 is 0. The first-order chi connectivity index (χ1) is 7.31. The Morgan fingerprint density at radius 2 is 1.87 bits per heavy atom. The zero-order chi connectivity index (χ0) is 10.7. The molecule has 1 saturated carbocycles. The van der Waals surface area contributed by atoms with Gasteiger partial charge >= 0.3 is 0 Å². The molecule has 0 heterocycles. The van der Waals surface area contributed by atoms with E-state index in [1.54, 1.807) is 19.2 Å². The number of aldehydes is 1. The molecule has 1 aromatic rings. The van der Waals surface area contributed by atoms with Gasteiger partial charge in [-0.2, -0.15) is 0 Å². The highest BCUT2D eigenvalue weighted by atomic mass is 16.5. The summed E-state index contributed by atoms with van der Waals surface area (Å²) in [5.41, 5.74) is 0.672. The van der Waals surface area contributed by atoms with Gasteiger partial charge in [0, 0.05) is 25.5 Å². The molecule has 0 atom stereocenters. The molecule has 3 nitrogen and oxygen atoms in total. The Labute approximate surface area is 89.0 Å². The van der Waals surface area contributed by atoms with E-state index >= 15 is 0 Å². The van der Waals surface area contributed by atoms with Crippen LogP contribution in [0.2, 0.25) is 0 Å². The van der Waals surface area contributed by atoms with Crippen LogP contribution in [0.4, 0.5) is 0 Å². The highest BCUT2D eigenvalue weighted by Gasteiger charge is 2.30. The molecule has 0 aliphatic heterocycles. The maximum absolute atomic E-state index is 10.4. The summed E-state index contributed by atoms with van der Waals surface area (Å²) in [4.78, 5) is 10.4. The van der Waals surface area contributed by atoms with Gasteiger partial charge in [-0.15, -0.1) is 0 Å². The van der Waals surface area contributed by atoms with Gasteiger partial charge in [-0.25, -0.2) is 0 Å². The number of hydrogen-bond donors (Lipinski definition) is 0. The van der Waals surface area contributed by atoms with Crippen molar-refractivity contribution < 1.29 is 14.3 Å². The lowest BCUT2D eigenvalue weighted by molar-refractivity contribution is -0.0381. The van der Waals surface area contributed by atoms with Crippen molar-refractivity contribution in [2.75, 3.05) is 7.11 Å². The third-order valence-electron chi connectivity index (χ3n) is 2.70. The Morgan fingerprint density at radius 1 is 1.20 bits per heavy atom. The summed E-state index contributed by atoms with van der Waals surface area (Å²) in [5.74, 6) is 0.820. The lowest BCUT2D eigenvalue weighted by Gasteiger charge is -2.34. The van der Waals surface area contributed by atoms with Gasteiger partial charge in [-0.3, -0.25) is 4.79 Å². The Kier molecular flexibility index (Phi) is 3.02. The minimum atomic E-state index is 0.261. The molecule has 0 spiro atoms. The molecule has 0 aromatic heterocycles. The molecule has 0 saturated heterocycles. The van der Waals surface area contributed by atoms with Crippen LogP contribution in [0.3, 0.4) is 0 Å². The minimum absolute atomic E-state index is 0.261. The van der Waals surface area contributed by atoms with Crippen molar-refractivity contribution in [3.8, 4) is 5.75 Å². The molecule has 1 aromatic carbocycles. The van der Waals surface area contributed by atoms with Crippen LogP contribution in [0, 0.1) is 0 Å². The number of rotatable bonds is 4. The maximum atomic E-state index is 10.4. The SMILES string of the molecule is COC1CC(Oc2ccc(C=O)cc2)C1. The molecule has 0 radical (unpaired) electrons. The monoisotopic (exact) mass is 206 g/mol. The Morgan fingerprint density at radius 3 is 2.40 bits per heavy atom. The lowest BCUT2D eigenvalue weighted by Crippen LogP contribution is -2.38. The van der Waals surface area contributed by atoms with Gasteiger partial charge in [0.1, 0.15) is 18.1 Å². The number of ether oxygens (including phenoxy) is 2. The second kappa shape index (κ2) is 4.45. The fourth-order valence-corrected chi connectivity index (χ4v) is 1.62. The third kappa shape index (κ3) is 2.36. The van der Waals surface area contributed by atoms with Crippen LogP contribution in [-0.4, -0.2) is 25.6 Å². The van der Waals surface area contributed by atoms with Crippen LogP contribution in [0.5, 0.6) is 5.75 Å². The average Bonchev–Trinajstić information content (AvgIpc) is 2.23. The molecule has 1 aliphatic carbocycles. The number of carbonyl (C=O) groups is 1. The standard InChI is InChI=1S/C12H14O3/c1-14-11-6-12(7-11)15-10-4-2-9(8-13)3-5-10/h2-5,8,11-12H,6-7H2,1H3. The second-order valence-corrected chi connectivity index (χ2v) is 3.76. The van der Waals surface area contributed by atoms with Crippen LogP contribution in [0.1, 0.15) is 23.2 Å². The van der Waals surface area contributed by atoms with Gasteiger partial charge in [-0.05, 0) is 24.3 Å². The summed E-state index contributed by atoms with van der Waals surface area (Å²) in [6.45, 7) is 0. The first kappa shape index (κ1) is 10.2. The van der Waals surface area contributed by atoms with E-state index in [2.05, 4.69) is 0 Å². The summed E-state index contributed by atoms with van der Waals surface area (Å²) in [6.07, 6.45) is 3.34. The second-order valence-electron chi connectivity index (χ2n) is 3.76. The molecule has 0 unspecified atom stereocenters. The van der Waals surface area contributed by atoms with E-state index in [-0.39, 0.29) is 6.10 Å². The van der Waals surface area contributed by atoms with Crippen molar-refractivity contribution >= 4 is 6.29 Å². The van der Waals surface area contributed by atoms with Crippen LogP contribution in [0.15, 0.2) is 24.3 Å². The summed E-state index contributed by atoms with van der Waals surface area (Å²) in [6, 6.07) is 7.16. The Hall–Kier alpha value is -1.35. The van der Waals surface area contributed by atoms with E-state index in [1.165, 1.54) is 0 Å². The first-order valence-electron chi connectivity index (χ1n) is 5.06. The molecular weight excluding hydrogens is 192 g/mol. The van der Waals surface area contributed by atoms with E-state index in [0.717, 1.165) is 24.9 Å². The molecule has 80 valence electrons. The Balaban J connectivity index is 1.86. The summed E-state index contributed by atoms with van der Waals surface area (Å²) in [7, 11) is 1.72. The average molecular weight is 206 g/mol. The third-order valence-corrected chi connectivity index (χ3v) is 2.70. The molecule has 0 amide bonds. The molecule has 3 heteroatoms. The van der Waals surface area contributed by atoms with Gasteiger partial charge in [0.05, 0.1) is 6.10 Å². The molecule has 15 heavy (non-hydrogen) atoms. The predicted molar refractivity (Wildman–Crippen MR) is 56.3 cm³/mol. The molecule has 0 N–H and O–H groups in total. The molecule has 1 fully saturated rings. The topological polar surface area (TPSA) is 35.5 Å². The molecule has 0 bridgehead atoms. The maximum Gasteiger partial charge on any atom is 0.150 e. The van der Waals surface area contributed by atoms with Crippen LogP contribution in [0.25, 0.3) is 0 Å². The van der Waals surface area contributed by atoms with Crippen molar-refractivity contribution in [3.05, 3.63) is 29.8 Å². The van der Waals surface area contributed by atoms with Crippen molar-refractivity contribution in [3.63, 3.8) is 0 Å². The zero-order valence-corrected chi connectivity index (χ0v) is 8.68. The lowest BCUT2D eigenvalue weighted by atomic mass is 9.92. The number of benzene rings is 1. The van der Waals surface area contributed by atoms with E-state index in [1.807, 2.05) is 12.1 Å². The van der Waals surface area contributed by atoms with E-state index in [9.17, 15) is 4.79 Å². The van der Waals surface area contributed by atoms with Crippen molar-refractivity contribution in [1.82, 2.24) is 0 Å². The van der Waals surface area contributed by atoms with Crippen molar-refractivity contribution in [2.24, 2.45) is 0 Å². The van der Waals surface area contributed by atoms with Crippen molar-refractivity contribution in [2.45, 2.75) is 25.0 Å². The predicted octanol–water partition coefficient (Wildman–Crippen LogP) is 2.06. The first-order valence-corrected chi connectivity index (χ1v) is 5.06. The number of hydrogen-bond acceptors (Lipinski definition) is 3. The summed E-state index contributed by atoms with van der Waals surface area (Å²) in [5, 5.41) is 0. The number of methoxy groups -OCH3 is 1. The minimum Gasteiger partial charge on any atom is -0.490 e. The molecule has 1 aliphatic rings. The zero-order valence-electron chi connectivity index (χ0n) is 8.68. The van der Waals surface area contributed by atoms with Gasteiger partial charge in [0.2, 0.25) is 0 Å². The van der Waals surface area contributed by atoms with Crippen LogP contribution >= 0.6 is 0 Å². The van der Waals surface area contributed by atoms with Gasteiger partial charge < -0.3 is 9.47 Å². The molecular formula is C12H14O3. The normalized spacial score (nSPS) is 24.3. The van der Waals surface area contributed by atoms with Gasteiger partial charge in [-0.1, -0.05) is 0 Å². The van der Waals surface area contributed by atoms with E-state index in [4.69, 9.17) is 9.47 Å². The molecule has 2 rings (SSSR count). The Bertz CT molecular complexity index is 325. The highest BCUT2D eigenvalue weighted by molar-refractivity contribution is 5.74. The summed E-state index contributed by atoms with van der Waals surface area (Å²) < 4.78 is 10.9. The smallest absolute Gasteiger partial charge is 0.150 e. The van der Waals surface area contributed by atoms with Gasteiger partial charge in [0.25, 0.3) is 0 Å².